The van der Waals surface area contributed by atoms with Crippen molar-refractivity contribution >= 4 is 11.8 Å². The van der Waals surface area contributed by atoms with Crippen LogP contribution in [0.15, 0.2) is 0 Å². The predicted octanol–water partition coefficient (Wildman–Crippen LogP) is 1.11. The smallest absolute Gasteiger partial charge is 0.237 e. The van der Waals surface area contributed by atoms with Gasteiger partial charge in [-0.3, -0.25) is 19.4 Å². The lowest BCUT2D eigenvalue weighted by Gasteiger charge is -2.37. The number of hydrogen-bond acceptors (Lipinski definition) is 4. The number of nitrogens with zero attached hydrogens (tertiary/aromatic N) is 2. The molecule has 2 amide bonds. The van der Waals surface area contributed by atoms with E-state index in [1.165, 1.54) is 25.7 Å². The van der Waals surface area contributed by atoms with E-state index in [-0.39, 0.29) is 17.9 Å². The van der Waals surface area contributed by atoms with Gasteiger partial charge in [-0.05, 0) is 32.6 Å². The van der Waals surface area contributed by atoms with Crippen molar-refractivity contribution < 1.29 is 9.59 Å². The summed E-state index contributed by atoms with van der Waals surface area (Å²) in [5, 5.41) is 6.32. The monoisotopic (exact) mass is 350 g/mol. The summed E-state index contributed by atoms with van der Waals surface area (Å²) in [5.74, 6) is 0.321. The molecule has 2 saturated carbocycles. The normalized spacial score (nSPS) is 25.2. The fourth-order valence-electron chi connectivity index (χ4n) is 3.92. The molecule has 0 unspecified atom stereocenters. The Morgan fingerprint density at radius 3 is 2.08 bits per heavy atom. The summed E-state index contributed by atoms with van der Waals surface area (Å²) in [6.07, 6.45) is 9.60. The minimum Gasteiger partial charge on any atom is -0.352 e. The Morgan fingerprint density at radius 2 is 1.48 bits per heavy atom. The summed E-state index contributed by atoms with van der Waals surface area (Å²) in [6, 6.07) is 0.719. The first-order valence-electron chi connectivity index (χ1n) is 10.2. The third-order valence-corrected chi connectivity index (χ3v) is 5.85. The third-order valence-electron chi connectivity index (χ3n) is 5.85. The van der Waals surface area contributed by atoms with Gasteiger partial charge in [0.25, 0.3) is 0 Å². The molecule has 1 atom stereocenters. The number of piperazine rings is 1. The van der Waals surface area contributed by atoms with Crippen LogP contribution in [0.5, 0.6) is 0 Å². The van der Waals surface area contributed by atoms with Crippen LogP contribution in [0.25, 0.3) is 0 Å². The van der Waals surface area contributed by atoms with E-state index in [1.807, 2.05) is 6.92 Å². The quantitative estimate of drug-likeness (QED) is 0.705. The van der Waals surface area contributed by atoms with Gasteiger partial charge in [-0.25, -0.2) is 0 Å². The Kier molecular flexibility index (Phi) is 6.70. The van der Waals surface area contributed by atoms with E-state index in [0.29, 0.717) is 18.6 Å². The Balaban J connectivity index is 1.37. The predicted molar refractivity (Wildman–Crippen MR) is 98.3 cm³/mol. The fraction of sp³-hybridized carbons (Fsp3) is 0.895. The Bertz CT molecular complexity index is 450. The lowest BCUT2D eigenvalue weighted by atomic mass is 10.1. The zero-order valence-electron chi connectivity index (χ0n) is 15.6. The molecule has 0 bridgehead atoms. The number of hydrogen-bond donors (Lipinski definition) is 2. The van der Waals surface area contributed by atoms with Gasteiger partial charge >= 0.3 is 0 Å². The maximum absolute atomic E-state index is 12.6. The van der Waals surface area contributed by atoms with Crippen molar-refractivity contribution in [2.24, 2.45) is 0 Å². The summed E-state index contributed by atoms with van der Waals surface area (Å²) < 4.78 is 0. The molecule has 2 N–H and O–H groups in total. The van der Waals surface area contributed by atoms with Gasteiger partial charge in [-0.15, -0.1) is 0 Å². The van der Waals surface area contributed by atoms with Crippen LogP contribution in [-0.2, 0) is 9.59 Å². The molecule has 1 saturated heterocycles. The standard InChI is InChI=1S/C19H34N4O2/c1-15(19(25)21-16-6-4-2-3-5-7-16)23-12-10-22(11-13-23)14-18(24)20-17-8-9-17/h15-17H,2-14H2,1H3,(H,20,24)(H,21,25)/t15-/m0/s1. The Morgan fingerprint density at radius 1 is 0.880 bits per heavy atom. The molecule has 6 heteroatoms. The fourth-order valence-corrected chi connectivity index (χ4v) is 3.92. The van der Waals surface area contributed by atoms with Crippen molar-refractivity contribution in [3.05, 3.63) is 0 Å². The number of carbonyl (C=O) groups excluding carboxylic acids is 2. The molecule has 3 rings (SSSR count). The van der Waals surface area contributed by atoms with E-state index in [2.05, 4.69) is 20.4 Å². The zero-order valence-corrected chi connectivity index (χ0v) is 15.6. The zero-order chi connectivity index (χ0) is 17.6. The topological polar surface area (TPSA) is 64.7 Å². The van der Waals surface area contributed by atoms with Crippen molar-refractivity contribution in [2.45, 2.75) is 76.4 Å². The molecule has 0 aromatic rings. The van der Waals surface area contributed by atoms with Crippen LogP contribution in [0.2, 0.25) is 0 Å². The lowest BCUT2D eigenvalue weighted by Crippen LogP contribution is -2.56. The molecule has 1 heterocycles. The van der Waals surface area contributed by atoms with Crippen molar-refractivity contribution in [2.75, 3.05) is 32.7 Å². The molecule has 1 aliphatic heterocycles. The van der Waals surface area contributed by atoms with Crippen molar-refractivity contribution in [3.8, 4) is 0 Å². The number of carbonyl (C=O) groups is 2. The molecule has 142 valence electrons. The maximum Gasteiger partial charge on any atom is 0.237 e. The molecule has 2 aliphatic carbocycles. The third kappa shape index (κ3) is 5.96. The van der Waals surface area contributed by atoms with Crippen LogP contribution >= 0.6 is 0 Å². The summed E-state index contributed by atoms with van der Waals surface area (Å²) >= 11 is 0. The molecule has 0 aromatic carbocycles. The molecular weight excluding hydrogens is 316 g/mol. The number of nitrogens with one attached hydrogen (secondary N) is 2. The molecule has 0 aromatic heterocycles. The van der Waals surface area contributed by atoms with Crippen LogP contribution in [-0.4, -0.2) is 72.5 Å². The second-order valence-corrected chi connectivity index (χ2v) is 8.03. The molecule has 3 fully saturated rings. The molecule has 25 heavy (non-hydrogen) atoms. The van der Waals surface area contributed by atoms with E-state index in [9.17, 15) is 9.59 Å². The minimum atomic E-state index is -0.0781. The van der Waals surface area contributed by atoms with Crippen LogP contribution in [0.4, 0.5) is 0 Å². The maximum atomic E-state index is 12.6. The first kappa shape index (κ1) is 18.6. The van der Waals surface area contributed by atoms with Gasteiger partial charge in [0.15, 0.2) is 0 Å². The Labute approximate surface area is 151 Å². The summed E-state index contributed by atoms with van der Waals surface area (Å²) in [7, 11) is 0. The van der Waals surface area contributed by atoms with Gasteiger partial charge in [0.05, 0.1) is 12.6 Å². The highest BCUT2D eigenvalue weighted by Gasteiger charge is 2.29. The summed E-state index contributed by atoms with van der Waals surface area (Å²) in [4.78, 5) is 28.9. The van der Waals surface area contributed by atoms with Crippen LogP contribution in [0, 0.1) is 0 Å². The summed E-state index contributed by atoms with van der Waals surface area (Å²) in [6.45, 7) is 5.94. The average molecular weight is 351 g/mol. The van der Waals surface area contributed by atoms with Crippen LogP contribution < -0.4 is 10.6 Å². The van der Waals surface area contributed by atoms with E-state index >= 15 is 0 Å². The number of rotatable bonds is 6. The highest BCUT2D eigenvalue weighted by Crippen LogP contribution is 2.19. The SMILES string of the molecule is C[C@@H](C(=O)NC1CCCCCC1)N1CCN(CC(=O)NC2CC2)CC1. The van der Waals surface area contributed by atoms with Crippen molar-refractivity contribution in [1.82, 2.24) is 20.4 Å². The highest BCUT2D eigenvalue weighted by molar-refractivity contribution is 5.81. The minimum absolute atomic E-state index is 0.0781. The van der Waals surface area contributed by atoms with Gasteiger partial charge in [0.1, 0.15) is 0 Å². The van der Waals surface area contributed by atoms with Crippen LogP contribution in [0.3, 0.4) is 0 Å². The van der Waals surface area contributed by atoms with Gasteiger partial charge in [-0.2, -0.15) is 0 Å². The summed E-state index contributed by atoms with van der Waals surface area (Å²) in [5.41, 5.74) is 0. The molecule has 0 radical (unpaired) electrons. The molecule has 6 nitrogen and oxygen atoms in total. The largest absolute Gasteiger partial charge is 0.352 e. The molecule has 0 spiro atoms. The van der Waals surface area contributed by atoms with Gasteiger partial charge in [-0.1, -0.05) is 25.7 Å². The second kappa shape index (κ2) is 8.99. The van der Waals surface area contributed by atoms with Crippen molar-refractivity contribution in [1.29, 1.82) is 0 Å². The van der Waals surface area contributed by atoms with E-state index in [4.69, 9.17) is 0 Å². The first-order chi connectivity index (χ1) is 12.1. The highest BCUT2D eigenvalue weighted by atomic mass is 16.2. The van der Waals surface area contributed by atoms with E-state index in [1.54, 1.807) is 0 Å². The lowest BCUT2D eigenvalue weighted by molar-refractivity contribution is -0.128. The second-order valence-electron chi connectivity index (χ2n) is 8.03. The van der Waals surface area contributed by atoms with Crippen LogP contribution in [0.1, 0.15) is 58.3 Å². The van der Waals surface area contributed by atoms with Gasteiger partial charge < -0.3 is 10.6 Å². The van der Waals surface area contributed by atoms with E-state index in [0.717, 1.165) is 51.9 Å². The average Bonchev–Trinajstić information content (AvgIpc) is 3.43. The van der Waals surface area contributed by atoms with Gasteiger partial charge in [0, 0.05) is 38.3 Å². The molecular formula is C19H34N4O2. The Hall–Kier alpha value is -1.14. The van der Waals surface area contributed by atoms with E-state index < -0.39 is 0 Å². The first-order valence-corrected chi connectivity index (χ1v) is 10.2. The van der Waals surface area contributed by atoms with Crippen molar-refractivity contribution in [3.63, 3.8) is 0 Å². The van der Waals surface area contributed by atoms with Gasteiger partial charge in [0.2, 0.25) is 11.8 Å². The number of amides is 2. The molecule has 3 aliphatic rings.